The van der Waals surface area contributed by atoms with Crippen LogP contribution < -0.4 is 10.1 Å². The fraction of sp³-hybridized carbons (Fsp3) is 0. The number of hydrogen-bond donors (Lipinski definition) is 1. The molecule has 0 fully saturated rings. The number of fused-ring (bicyclic) bond motifs is 1. The third-order valence-corrected chi connectivity index (χ3v) is 3.45. The first-order valence-corrected chi connectivity index (χ1v) is 7.57. The Morgan fingerprint density at radius 2 is 1.92 bits per heavy atom. The van der Waals surface area contributed by atoms with E-state index in [2.05, 4.69) is 20.3 Å². The number of carbonyl (C=O) groups is 1. The highest BCUT2D eigenvalue weighted by atomic mass is 16.5. The smallest absolute Gasteiger partial charge is 0.275 e. The van der Waals surface area contributed by atoms with Crippen LogP contribution in [-0.2, 0) is 0 Å². The van der Waals surface area contributed by atoms with Crippen LogP contribution in [0.4, 0.5) is 5.69 Å². The van der Waals surface area contributed by atoms with Crippen LogP contribution in [-0.4, -0.2) is 25.3 Å². The average molecular weight is 331 g/mol. The van der Waals surface area contributed by atoms with Gasteiger partial charge in [-0.1, -0.05) is 6.07 Å². The fourth-order valence-electron chi connectivity index (χ4n) is 2.31. The second-order valence-electron chi connectivity index (χ2n) is 5.22. The van der Waals surface area contributed by atoms with Crippen LogP contribution in [0.5, 0.6) is 11.5 Å². The summed E-state index contributed by atoms with van der Waals surface area (Å²) in [5.41, 5.74) is 0.903. The zero-order valence-electron chi connectivity index (χ0n) is 13.0. The van der Waals surface area contributed by atoms with Gasteiger partial charge in [-0.2, -0.15) is 0 Å². The van der Waals surface area contributed by atoms with E-state index in [0.29, 0.717) is 28.7 Å². The van der Waals surface area contributed by atoms with Gasteiger partial charge in [-0.3, -0.25) is 14.2 Å². The Morgan fingerprint density at radius 1 is 1.04 bits per heavy atom. The third kappa shape index (κ3) is 3.30. The van der Waals surface area contributed by atoms with Gasteiger partial charge in [-0.05, 0) is 30.3 Å². The summed E-state index contributed by atoms with van der Waals surface area (Å²) in [6, 6.07) is 12.4. The Balaban J connectivity index is 1.52. The van der Waals surface area contributed by atoms with Gasteiger partial charge >= 0.3 is 0 Å². The minimum Gasteiger partial charge on any atom is -0.457 e. The van der Waals surface area contributed by atoms with Crippen molar-refractivity contribution in [3.63, 3.8) is 0 Å². The molecule has 3 aromatic heterocycles. The van der Waals surface area contributed by atoms with Crippen LogP contribution in [0.25, 0.3) is 5.78 Å². The summed E-state index contributed by atoms with van der Waals surface area (Å²) in [5.74, 6) is 1.44. The first-order valence-electron chi connectivity index (χ1n) is 7.57. The number of aromatic nitrogens is 4. The Hall–Kier alpha value is -3.74. The standard InChI is InChI=1S/C18H13N5O2/c24-17(16-12-23-10-2-7-20-18(23)22-16)21-13-3-1-4-15(11-13)25-14-5-8-19-9-6-14/h1-12H,(H,21,24). The SMILES string of the molecule is O=C(Nc1cccc(Oc2ccncc2)c1)c1cn2cccnc2n1. The summed E-state index contributed by atoms with van der Waals surface area (Å²) in [4.78, 5) is 24.6. The molecule has 0 spiro atoms. The molecule has 7 heteroatoms. The Bertz CT molecular complexity index is 997. The summed E-state index contributed by atoms with van der Waals surface area (Å²) in [5, 5.41) is 2.81. The van der Waals surface area contributed by atoms with Crippen LogP contribution in [0.1, 0.15) is 10.5 Å². The molecule has 0 radical (unpaired) electrons. The van der Waals surface area contributed by atoms with Gasteiger partial charge in [0.15, 0.2) is 0 Å². The number of carbonyl (C=O) groups excluding carboxylic acids is 1. The topological polar surface area (TPSA) is 81.4 Å². The monoisotopic (exact) mass is 331 g/mol. The maximum absolute atomic E-state index is 12.4. The summed E-state index contributed by atoms with van der Waals surface area (Å²) < 4.78 is 7.43. The van der Waals surface area contributed by atoms with Gasteiger partial charge in [0, 0.05) is 42.7 Å². The zero-order valence-corrected chi connectivity index (χ0v) is 13.0. The third-order valence-electron chi connectivity index (χ3n) is 3.45. The molecule has 0 aliphatic rings. The van der Waals surface area contributed by atoms with Crippen molar-refractivity contribution in [2.24, 2.45) is 0 Å². The van der Waals surface area contributed by atoms with Gasteiger partial charge in [0.25, 0.3) is 5.91 Å². The Morgan fingerprint density at radius 3 is 2.76 bits per heavy atom. The van der Waals surface area contributed by atoms with E-state index < -0.39 is 0 Å². The molecular formula is C18H13N5O2. The molecule has 1 N–H and O–H groups in total. The Labute approximate surface area is 143 Å². The van der Waals surface area contributed by atoms with Crippen LogP contribution in [0, 0.1) is 0 Å². The van der Waals surface area contributed by atoms with Crippen LogP contribution in [0.3, 0.4) is 0 Å². The van der Waals surface area contributed by atoms with E-state index in [-0.39, 0.29) is 5.91 Å². The molecule has 25 heavy (non-hydrogen) atoms. The molecule has 4 rings (SSSR count). The van der Waals surface area contributed by atoms with Gasteiger partial charge in [-0.15, -0.1) is 0 Å². The molecule has 0 aliphatic heterocycles. The number of nitrogens with zero attached hydrogens (tertiary/aromatic N) is 4. The molecule has 0 atom stereocenters. The van der Waals surface area contributed by atoms with Crippen molar-refractivity contribution < 1.29 is 9.53 Å². The minimum absolute atomic E-state index is 0.291. The number of ether oxygens (including phenoxy) is 1. The molecule has 0 unspecified atom stereocenters. The molecule has 0 saturated heterocycles. The molecule has 0 bridgehead atoms. The van der Waals surface area contributed by atoms with Crippen molar-refractivity contribution in [3.05, 3.63) is 79.1 Å². The molecule has 122 valence electrons. The van der Waals surface area contributed by atoms with E-state index in [1.54, 1.807) is 71.8 Å². The van der Waals surface area contributed by atoms with E-state index >= 15 is 0 Å². The van der Waals surface area contributed by atoms with E-state index in [1.807, 2.05) is 6.07 Å². The highest BCUT2D eigenvalue weighted by molar-refractivity contribution is 6.03. The molecular weight excluding hydrogens is 318 g/mol. The number of rotatable bonds is 4. The molecule has 7 nitrogen and oxygen atoms in total. The van der Waals surface area contributed by atoms with Gasteiger partial charge in [0.2, 0.25) is 5.78 Å². The molecule has 1 aromatic carbocycles. The van der Waals surface area contributed by atoms with Crippen LogP contribution >= 0.6 is 0 Å². The molecule has 0 saturated carbocycles. The van der Waals surface area contributed by atoms with Crippen molar-refractivity contribution in [1.82, 2.24) is 19.4 Å². The molecule has 1 amide bonds. The van der Waals surface area contributed by atoms with Gasteiger partial charge < -0.3 is 10.1 Å². The van der Waals surface area contributed by atoms with E-state index in [9.17, 15) is 4.79 Å². The largest absolute Gasteiger partial charge is 0.457 e. The quantitative estimate of drug-likeness (QED) is 0.621. The molecule has 0 aliphatic carbocycles. The summed E-state index contributed by atoms with van der Waals surface area (Å²) in [6.07, 6.45) is 8.35. The molecule has 4 aromatic rings. The fourth-order valence-corrected chi connectivity index (χ4v) is 2.31. The average Bonchev–Trinajstić information content (AvgIpc) is 3.07. The highest BCUT2D eigenvalue weighted by Gasteiger charge is 2.12. The molecule has 3 heterocycles. The van der Waals surface area contributed by atoms with Crippen molar-refractivity contribution in [2.75, 3.05) is 5.32 Å². The number of amides is 1. The zero-order chi connectivity index (χ0) is 17.1. The summed E-state index contributed by atoms with van der Waals surface area (Å²) in [6.45, 7) is 0. The first-order chi connectivity index (χ1) is 12.3. The number of hydrogen-bond acceptors (Lipinski definition) is 5. The van der Waals surface area contributed by atoms with E-state index in [0.717, 1.165) is 0 Å². The summed E-state index contributed by atoms with van der Waals surface area (Å²) in [7, 11) is 0. The lowest BCUT2D eigenvalue weighted by Gasteiger charge is -2.08. The van der Waals surface area contributed by atoms with Gasteiger partial charge in [0.1, 0.15) is 17.2 Å². The summed E-state index contributed by atoms with van der Waals surface area (Å²) >= 11 is 0. The van der Waals surface area contributed by atoms with E-state index in [1.165, 1.54) is 0 Å². The lowest BCUT2D eigenvalue weighted by atomic mass is 10.3. The van der Waals surface area contributed by atoms with Crippen molar-refractivity contribution in [3.8, 4) is 11.5 Å². The Kier molecular flexibility index (Phi) is 3.80. The highest BCUT2D eigenvalue weighted by Crippen LogP contribution is 2.23. The number of anilines is 1. The maximum atomic E-state index is 12.4. The number of benzene rings is 1. The van der Waals surface area contributed by atoms with Crippen molar-refractivity contribution in [2.45, 2.75) is 0 Å². The van der Waals surface area contributed by atoms with Gasteiger partial charge in [-0.25, -0.2) is 9.97 Å². The maximum Gasteiger partial charge on any atom is 0.275 e. The lowest BCUT2D eigenvalue weighted by Crippen LogP contribution is -2.12. The number of imidazole rings is 1. The first kappa shape index (κ1) is 14.8. The van der Waals surface area contributed by atoms with Crippen LogP contribution in [0.2, 0.25) is 0 Å². The van der Waals surface area contributed by atoms with Crippen molar-refractivity contribution in [1.29, 1.82) is 0 Å². The predicted octanol–water partition coefficient (Wildman–Crippen LogP) is 3.17. The second kappa shape index (κ2) is 6.40. The lowest BCUT2D eigenvalue weighted by molar-refractivity contribution is 0.102. The minimum atomic E-state index is -0.313. The van der Waals surface area contributed by atoms with Crippen LogP contribution in [0.15, 0.2) is 73.4 Å². The second-order valence-corrected chi connectivity index (χ2v) is 5.22. The van der Waals surface area contributed by atoms with Gasteiger partial charge in [0.05, 0.1) is 0 Å². The number of nitrogens with one attached hydrogen (secondary N) is 1. The number of pyridine rings is 1. The van der Waals surface area contributed by atoms with E-state index in [4.69, 9.17) is 4.74 Å². The normalized spacial score (nSPS) is 10.6. The predicted molar refractivity (Wildman–Crippen MR) is 91.7 cm³/mol. The van der Waals surface area contributed by atoms with Crippen molar-refractivity contribution >= 4 is 17.4 Å².